The van der Waals surface area contributed by atoms with E-state index in [4.69, 9.17) is 0 Å². The molecule has 1 aliphatic heterocycles. The van der Waals surface area contributed by atoms with Crippen molar-refractivity contribution in [3.05, 3.63) is 56.8 Å². The van der Waals surface area contributed by atoms with Gasteiger partial charge in [-0.2, -0.15) is 4.31 Å². The summed E-state index contributed by atoms with van der Waals surface area (Å²) in [7, 11) is -3.63. The van der Waals surface area contributed by atoms with E-state index < -0.39 is 15.8 Å². The van der Waals surface area contributed by atoms with Gasteiger partial charge in [0.25, 0.3) is 0 Å². The number of piperazine rings is 1. The minimum absolute atomic E-state index is 0.0744. The number of rotatable bonds is 5. The van der Waals surface area contributed by atoms with Gasteiger partial charge in [0, 0.05) is 30.7 Å². The zero-order valence-corrected chi connectivity index (χ0v) is 20.5. The van der Waals surface area contributed by atoms with Crippen LogP contribution in [0.4, 0.5) is 10.1 Å². The van der Waals surface area contributed by atoms with Gasteiger partial charge in [0.1, 0.15) is 5.82 Å². The van der Waals surface area contributed by atoms with Gasteiger partial charge in [-0.3, -0.25) is 9.69 Å². The Bertz CT molecular complexity index is 1090. The van der Waals surface area contributed by atoms with E-state index in [1.165, 1.54) is 16.4 Å². The average molecular weight is 512 g/mol. The lowest BCUT2D eigenvalue weighted by Crippen LogP contribution is -2.50. The van der Waals surface area contributed by atoms with Gasteiger partial charge in [-0.15, -0.1) is 0 Å². The highest BCUT2D eigenvalue weighted by Gasteiger charge is 2.32. The molecule has 0 radical (unpaired) electrons. The number of benzene rings is 2. The Morgan fingerprint density at radius 3 is 2.16 bits per heavy atom. The lowest BCUT2D eigenvalue weighted by molar-refractivity contribution is -0.117. The molecule has 1 fully saturated rings. The van der Waals surface area contributed by atoms with Crippen molar-refractivity contribution in [3.8, 4) is 0 Å². The second-order valence-electron chi connectivity index (χ2n) is 7.94. The first-order valence-electron chi connectivity index (χ1n) is 10.1. The molecule has 168 valence electrons. The third kappa shape index (κ3) is 5.16. The molecule has 1 amide bonds. The van der Waals surface area contributed by atoms with Crippen LogP contribution < -0.4 is 5.32 Å². The Morgan fingerprint density at radius 2 is 1.61 bits per heavy atom. The minimum atomic E-state index is -3.63. The smallest absolute Gasteiger partial charge is 0.243 e. The van der Waals surface area contributed by atoms with Crippen LogP contribution in [0.5, 0.6) is 0 Å². The van der Waals surface area contributed by atoms with Crippen LogP contribution in [0.15, 0.2) is 33.6 Å². The Labute approximate surface area is 191 Å². The van der Waals surface area contributed by atoms with Crippen LogP contribution in [0.1, 0.15) is 22.3 Å². The van der Waals surface area contributed by atoms with Crippen molar-refractivity contribution in [2.75, 3.05) is 38.0 Å². The molecule has 31 heavy (non-hydrogen) atoms. The van der Waals surface area contributed by atoms with E-state index in [0.29, 0.717) is 35.5 Å². The maximum absolute atomic E-state index is 13.9. The lowest BCUT2D eigenvalue weighted by atomic mass is 10.0. The molecule has 6 nitrogen and oxygen atoms in total. The van der Waals surface area contributed by atoms with Crippen molar-refractivity contribution in [1.29, 1.82) is 0 Å². The summed E-state index contributed by atoms with van der Waals surface area (Å²) in [4.78, 5) is 14.6. The van der Waals surface area contributed by atoms with Gasteiger partial charge >= 0.3 is 0 Å². The summed E-state index contributed by atoms with van der Waals surface area (Å²) >= 11 is 3.18. The van der Waals surface area contributed by atoms with Crippen molar-refractivity contribution in [2.45, 2.75) is 32.6 Å². The first-order chi connectivity index (χ1) is 14.5. The van der Waals surface area contributed by atoms with Crippen molar-refractivity contribution in [1.82, 2.24) is 9.21 Å². The number of sulfonamides is 1. The van der Waals surface area contributed by atoms with E-state index in [-0.39, 0.29) is 18.1 Å². The molecule has 3 rings (SSSR count). The lowest BCUT2D eigenvalue weighted by Gasteiger charge is -2.34. The molecule has 2 aromatic carbocycles. The van der Waals surface area contributed by atoms with E-state index in [1.54, 1.807) is 6.07 Å². The van der Waals surface area contributed by atoms with E-state index >= 15 is 0 Å². The molecule has 0 atom stereocenters. The summed E-state index contributed by atoms with van der Waals surface area (Å²) in [5.74, 6) is -0.851. The van der Waals surface area contributed by atoms with Crippen molar-refractivity contribution < 1.29 is 17.6 Å². The zero-order valence-electron chi connectivity index (χ0n) is 18.1. The average Bonchev–Trinajstić information content (AvgIpc) is 2.69. The maximum atomic E-state index is 13.9. The normalized spacial score (nSPS) is 15.8. The topological polar surface area (TPSA) is 69.7 Å². The predicted octanol–water partition coefficient (Wildman–Crippen LogP) is 3.77. The van der Waals surface area contributed by atoms with Gasteiger partial charge < -0.3 is 5.32 Å². The molecule has 0 aliphatic carbocycles. The second kappa shape index (κ2) is 9.36. The first-order valence-corrected chi connectivity index (χ1v) is 12.3. The highest BCUT2D eigenvalue weighted by Crippen LogP contribution is 2.29. The third-order valence-corrected chi connectivity index (χ3v) is 8.47. The standard InChI is InChI=1S/C22H27BrFN3O3S/c1-14-11-15(2)17(4)22(16(14)3)31(29,30)27-9-7-26(8-10-27)13-21(28)25-20-6-5-18(23)12-19(20)24/h5-6,11-12H,7-10,13H2,1-4H3,(H,25,28). The van der Waals surface area contributed by atoms with Gasteiger partial charge in [-0.25, -0.2) is 12.8 Å². The zero-order chi connectivity index (χ0) is 22.9. The summed E-state index contributed by atoms with van der Waals surface area (Å²) in [5.41, 5.74) is 3.59. The van der Waals surface area contributed by atoms with Crippen LogP contribution in [-0.4, -0.2) is 56.3 Å². The van der Waals surface area contributed by atoms with Gasteiger partial charge in [0.15, 0.2) is 0 Å². The number of carbonyl (C=O) groups excluding carboxylic acids is 1. The van der Waals surface area contributed by atoms with Gasteiger partial charge in [0.2, 0.25) is 15.9 Å². The maximum Gasteiger partial charge on any atom is 0.243 e. The predicted molar refractivity (Wildman–Crippen MR) is 123 cm³/mol. The summed E-state index contributed by atoms with van der Waals surface area (Å²) in [6, 6.07) is 6.44. The molecule has 0 bridgehead atoms. The molecule has 0 unspecified atom stereocenters. The Kier molecular flexibility index (Phi) is 7.20. The van der Waals surface area contributed by atoms with Crippen LogP contribution >= 0.6 is 15.9 Å². The van der Waals surface area contributed by atoms with Crippen LogP contribution in [0.25, 0.3) is 0 Å². The Morgan fingerprint density at radius 1 is 1.03 bits per heavy atom. The largest absolute Gasteiger partial charge is 0.322 e. The molecule has 0 saturated carbocycles. The monoisotopic (exact) mass is 511 g/mol. The van der Waals surface area contributed by atoms with Gasteiger partial charge in [-0.05, 0) is 68.1 Å². The molecule has 1 heterocycles. The number of halogens is 2. The highest BCUT2D eigenvalue weighted by atomic mass is 79.9. The molecule has 9 heteroatoms. The van der Waals surface area contributed by atoms with E-state index in [9.17, 15) is 17.6 Å². The quantitative estimate of drug-likeness (QED) is 0.663. The summed E-state index contributed by atoms with van der Waals surface area (Å²) in [6.07, 6.45) is 0. The van der Waals surface area contributed by atoms with Gasteiger partial charge in [-0.1, -0.05) is 22.0 Å². The fourth-order valence-corrected chi connectivity index (χ4v) is 6.14. The summed E-state index contributed by atoms with van der Waals surface area (Å²) in [6.45, 7) is 9.06. The van der Waals surface area contributed by atoms with E-state index in [0.717, 1.165) is 22.3 Å². The minimum Gasteiger partial charge on any atom is -0.322 e. The number of nitrogens with zero attached hydrogens (tertiary/aromatic N) is 2. The molecule has 1 N–H and O–H groups in total. The summed E-state index contributed by atoms with van der Waals surface area (Å²) in [5, 5.41) is 2.57. The molecule has 1 saturated heterocycles. The van der Waals surface area contributed by atoms with Crippen molar-refractivity contribution in [2.24, 2.45) is 0 Å². The number of nitrogens with one attached hydrogen (secondary N) is 1. The number of aryl methyl sites for hydroxylation is 2. The van der Waals surface area contributed by atoms with Crippen LogP contribution in [0.2, 0.25) is 0 Å². The molecule has 0 aromatic heterocycles. The summed E-state index contributed by atoms with van der Waals surface area (Å²) < 4.78 is 42.7. The van der Waals surface area contributed by atoms with Gasteiger partial charge in [0.05, 0.1) is 17.1 Å². The molecule has 2 aromatic rings. The van der Waals surface area contributed by atoms with E-state index in [1.807, 2.05) is 38.7 Å². The molecule has 1 aliphatic rings. The fourth-order valence-electron chi connectivity index (χ4n) is 3.81. The second-order valence-corrected chi connectivity index (χ2v) is 10.7. The van der Waals surface area contributed by atoms with Crippen LogP contribution in [0, 0.1) is 33.5 Å². The molecular formula is C22H27BrFN3O3S. The number of hydrogen-bond donors (Lipinski definition) is 1. The SMILES string of the molecule is Cc1cc(C)c(C)c(S(=O)(=O)N2CCN(CC(=O)Nc3ccc(Br)cc3F)CC2)c1C. The molecule has 0 spiro atoms. The van der Waals surface area contributed by atoms with Crippen LogP contribution in [-0.2, 0) is 14.8 Å². The third-order valence-electron chi connectivity index (χ3n) is 5.80. The first kappa shape index (κ1) is 23.8. The van der Waals surface area contributed by atoms with Crippen molar-refractivity contribution >= 4 is 37.5 Å². The number of hydrogen-bond acceptors (Lipinski definition) is 4. The molecular weight excluding hydrogens is 485 g/mol. The Balaban J connectivity index is 1.65. The number of amides is 1. The number of anilines is 1. The van der Waals surface area contributed by atoms with Crippen molar-refractivity contribution in [3.63, 3.8) is 0 Å². The van der Waals surface area contributed by atoms with Crippen LogP contribution in [0.3, 0.4) is 0 Å². The highest BCUT2D eigenvalue weighted by molar-refractivity contribution is 9.10. The Hall–Kier alpha value is -1.81. The van der Waals surface area contributed by atoms with E-state index in [2.05, 4.69) is 21.2 Å². The fraction of sp³-hybridized carbons (Fsp3) is 0.409. The number of carbonyl (C=O) groups is 1.